The summed E-state index contributed by atoms with van der Waals surface area (Å²) in [5, 5.41) is 12.9. The van der Waals surface area contributed by atoms with Crippen LogP contribution in [0.3, 0.4) is 0 Å². The van der Waals surface area contributed by atoms with Crippen molar-refractivity contribution in [2.45, 2.75) is 23.8 Å². The normalized spacial score (nSPS) is 15.6. The zero-order valence-corrected chi connectivity index (χ0v) is 19.8. The van der Waals surface area contributed by atoms with Gasteiger partial charge in [-0.3, -0.25) is 14.7 Å². The molecule has 33 heavy (non-hydrogen) atoms. The van der Waals surface area contributed by atoms with Crippen molar-refractivity contribution in [2.75, 3.05) is 35.3 Å². The molecule has 3 N–H and O–H groups in total. The van der Waals surface area contributed by atoms with Gasteiger partial charge < -0.3 is 15.5 Å². The molecule has 1 atom stereocenters. The number of nitrogens with one attached hydrogen (secondary N) is 3. The van der Waals surface area contributed by atoms with Crippen LogP contribution < -0.4 is 15.5 Å². The number of thiol groups is 1. The fraction of sp³-hybridized carbons (Fsp3) is 0.318. The summed E-state index contributed by atoms with van der Waals surface area (Å²) in [4.78, 5) is 36.9. The van der Waals surface area contributed by atoms with E-state index in [4.69, 9.17) is 0 Å². The molecule has 4 rings (SSSR count). The van der Waals surface area contributed by atoms with Crippen LogP contribution in [0.2, 0.25) is 0 Å². The number of H-pyrrole nitrogens is 1. The molecule has 0 radical (unpaired) electrons. The molecule has 0 fully saturated rings. The predicted molar refractivity (Wildman–Crippen MR) is 132 cm³/mol. The number of rotatable bonds is 8. The molecule has 2 aromatic heterocycles. The largest absolute Gasteiger partial charge is 0.370 e. The Hall–Kier alpha value is -3.05. The van der Waals surface area contributed by atoms with Gasteiger partial charge in [0.25, 0.3) is 5.91 Å². The summed E-state index contributed by atoms with van der Waals surface area (Å²) in [5.41, 5.74) is 1.77. The Bertz CT molecular complexity index is 1120. The Labute approximate surface area is 201 Å². The Morgan fingerprint density at radius 1 is 1.33 bits per heavy atom. The lowest BCUT2D eigenvalue weighted by Gasteiger charge is -2.21. The second-order valence-corrected chi connectivity index (χ2v) is 9.05. The van der Waals surface area contributed by atoms with Crippen LogP contribution in [0.4, 0.5) is 11.5 Å². The molecular formula is C22H25N7O2S2. The lowest BCUT2D eigenvalue weighted by atomic mass is 10.1. The summed E-state index contributed by atoms with van der Waals surface area (Å²) < 4.78 is 0. The number of anilines is 2. The van der Waals surface area contributed by atoms with Gasteiger partial charge in [-0.25, -0.2) is 9.97 Å². The molecule has 2 amide bonds. The summed E-state index contributed by atoms with van der Waals surface area (Å²) >= 11 is 5.72. The van der Waals surface area contributed by atoms with Crippen molar-refractivity contribution >= 4 is 47.7 Å². The van der Waals surface area contributed by atoms with Gasteiger partial charge in [0.05, 0.1) is 11.9 Å². The van der Waals surface area contributed by atoms with Crippen LogP contribution >= 0.6 is 24.4 Å². The summed E-state index contributed by atoms with van der Waals surface area (Å²) in [6.45, 7) is 0.774. The van der Waals surface area contributed by atoms with E-state index in [0.29, 0.717) is 23.7 Å². The maximum Gasteiger partial charge on any atom is 0.291 e. The number of hydrogen-bond acceptors (Lipinski definition) is 8. The Morgan fingerprint density at radius 3 is 2.94 bits per heavy atom. The third-order valence-corrected chi connectivity index (χ3v) is 6.59. The minimum atomic E-state index is -0.712. The number of aromatic nitrogens is 4. The van der Waals surface area contributed by atoms with Crippen molar-refractivity contribution in [2.24, 2.45) is 0 Å². The standard InChI is InChI=1S/C22H25N7O2S2/c1-29-16-12-24-18(23-8-5-9-32)11-17(16)33-13-15(22(29)31)25-21(30)20-26-19(27-28-20)10-14-6-3-2-4-7-14/h2-4,6-7,11-12,15,32H,5,8-10,13H2,1H3,(H,23,24)(H,25,30)(H,26,27,28)/t15-/m0/s1. The van der Waals surface area contributed by atoms with Crippen molar-refractivity contribution in [3.63, 3.8) is 0 Å². The summed E-state index contributed by atoms with van der Waals surface area (Å²) in [6.07, 6.45) is 3.14. The van der Waals surface area contributed by atoms with E-state index in [1.807, 2.05) is 36.4 Å². The molecule has 3 aromatic rings. The molecule has 1 aromatic carbocycles. The van der Waals surface area contributed by atoms with Crippen molar-refractivity contribution in [1.29, 1.82) is 0 Å². The van der Waals surface area contributed by atoms with Gasteiger partial charge in [0.15, 0.2) is 0 Å². The van der Waals surface area contributed by atoms with Gasteiger partial charge in [-0.15, -0.1) is 16.9 Å². The molecule has 0 saturated heterocycles. The fourth-order valence-electron chi connectivity index (χ4n) is 3.38. The van der Waals surface area contributed by atoms with E-state index in [2.05, 4.69) is 43.4 Å². The maximum atomic E-state index is 13.0. The van der Waals surface area contributed by atoms with E-state index in [0.717, 1.165) is 35.0 Å². The molecule has 11 heteroatoms. The van der Waals surface area contributed by atoms with Crippen LogP contribution in [0.25, 0.3) is 0 Å². The quantitative estimate of drug-likeness (QED) is 0.287. The molecule has 0 aliphatic carbocycles. The number of thioether (sulfide) groups is 1. The molecule has 0 bridgehead atoms. The minimum absolute atomic E-state index is 0.0143. The number of likely N-dealkylation sites (N-methyl/N-ethyl adjacent to an activating group) is 1. The van der Waals surface area contributed by atoms with E-state index >= 15 is 0 Å². The van der Waals surface area contributed by atoms with Crippen LogP contribution in [-0.2, 0) is 11.2 Å². The number of hydrogen-bond donors (Lipinski definition) is 4. The van der Waals surface area contributed by atoms with E-state index in [-0.39, 0.29) is 11.7 Å². The van der Waals surface area contributed by atoms with Crippen LogP contribution in [0.5, 0.6) is 0 Å². The predicted octanol–water partition coefficient (Wildman–Crippen LogP) is 2.39. The van der Waals surface area contributed by atoms with Gasteiger partial charge in [-0.05, 0) is 23.8 Å². The van der Waals surface area contributed by atoms with Gasteiger partial charge in [-0.1, -0.05) is 30.3 Å². The highest BCUT2D eigenvalue weighted by molar-refractivity contribution is 7.99. The molecule has 1 aliphatic heterocycles. The van der Waals surface area contributed by atoms with E-state index in [9.17, 15) is 9.59 Å². The number of pyridine rings is 1. The molecule has 0 saturated carbocycles. The minimum Gasteiger partial charge on any atom is -0.370 e. The first-order valence-corrected chi connectivity index (χ1v) is 12.2. The van der Waals surface area contributed by atoms with Crippen LogP contribution in [-0.4, -0.2) is 63.1 Å². The zero-order chi connectivity index (χ0) is 23.2. The Morgan fingerprint density at radius 2 is 2.15 bits per heavy atom. The summed E-state index contributed by atoms with van der Waals surface area (Å²) in [7, 11) is 1.69. The topological polar surface area (TPSA) is 116 Å². The monoisotopic (exact) mass is 483 g/mol. The van der Waals surface area contributed by atoms with E-state index in [1.54, 1.807) is 13.2 Å². The zero-order valence-electron chi connectivity index (χ0n) is 18.1. The van der Waals surface area contributed by atoms with Gasteiger partial charge in [-0.2, -0.15) is 12.6 Å². The highest BCUT2D eigenvalue weighted by Crippen LogP contribution is 2.34. The number of fused-ring (bicyclic) bond motifs is 1. The maximum absolute atomic E-state index is 13.0. The second kappa shape index (κ2) is 10.7. The molecule has 9 nitrogen and oxygen atoms in total. The third kappa shape index (κ3) is 5.66. The number of benzene rings is 1. The van der Waals surface area contributed by atoms with Crippen molar-refractivity contribution < 1.29 is 9.59 Å². The van der Waals surface area contributed by atoms with Crippen molar-refractivity contribution in [3.05, 3.63) is 59.8 Å². The van der Waals surface area contributed by atoms with E-state index in [1.165, 1.54) is 16.7 Å². The molecule has 172 valence electrons. The van der Waals surface area contributed by atoms with Crippen molar-refractivity contribution in [1.82, 2.24) is 25.5 Å². The first-order valence-electron chi connectivity index (χ1n) is 10.6. The van der Waals surface area contributed by atoms with Gasteiger partial charge in [0, 0.05) is 30.7 Å². The van der Waals surface area contributed by atoms with Gasteiger partial charge in [0.1, 0.15) is 17.7 Å². The lowest BCUT2D eigenvalue weighted by Crippen LogP contribution is -2.48. The van der Waals surface area contributed by atoms with E-state index < -0.39 is 11.9 Å². The number of nitrogens with zero attached hydrogens (tertiary/aromatic N) is 4. The molecule has 0 unspecified atom stereocenters. The molecular weight excluding hydrogens is 458 g/mol. The van der Waals surface area contributed by atoms with Crippen LogP contribution in [0.1, 0.15) is 28.4 Å². The molecule has 3 heterocycles. The lowest BCUT2D eigenvalue weighted by molar-refractivity contribution is -0.119. The number of aromatic amines is 1. The smallest absolute Gasteiger partial charge is 0.291 e. The van der Waals surface area contributed by atoms with Crippen LogP contribution in [0.15, 0.2) is 47.5 Å². The highest BCUT2D eigenvalue weighted by atomic mass is 32.2. The average Bonchev–Trinajstić information content (AvgIpc) is 3.26. The number of carbonyl (C=O) groups is 2. The second-order valence-electron chi connectivity index (χ2n) is 7.54. The fourth-order valence-corrected chi connectivity index (χ4v) is 4.64. The third-order valence-electron chi connectivity index (χ3n) is 5.14. The van der Waals surface area contributed by atoms with Gasteiger partial charge in [0.2, 0.25) is 11.7 Å². The van der Waals surface area contributed by atoms with Gasteiger partial charge >= 0.3 is 0 Å². The average molecular weight is 484 g/mol. The van der Waals surface area contributed by atoms with Crippen molar-refractivity contribution in [3.8, 4) is 0 Å². The molecule has 0 spiro atoms. The summed E-state index contributed by atoms with van der Waals surface area (Å²) in [6, 6.07) is 11.0. The van der Waals surface area contributed by atoms with Crippen LogP contribution in [0, 0.1) is 0 Å². The SMILES string of the molecule is CN1C(=O)[C@@H](NC(=O)c2n[nH]c(Cc3ccccc3)n2)CSc2cc(NCCCS)ncc21. The summed E-state index contributed by atoms with van der Waals surface area (Å²) in [5.74, 6) is 1.83. The number of carbonyl (C=O) groups excluding carboxylic acids is 2. The highest BCUT2D eigenvalue weighted by Gasteiger charge is 2.31. The first kappa shape index (κ1) is 23.1. The Balaban J connectivity index is 1.41. The first-order chi connectivity index (χ1) is 16.0. The molecule has 1 aliphatic rings. The number of amides is 2. The Kier molecular flexibility index (Phi) is 7.50.